The fourth-order valence-electron chi connectivity index (χ4n) is 2.20. The Bertz CT molecular complexity index is 640. The van der Waals surface area contributed by atoms with Crippen molar-refractivity contribution in [1.82, 2.24) is 9.97 Å². The maximum absolute atomic E-state index is 6.24. The molecule has 0 aliphatic carbocycles. The van der Waals surface area contributed by atoms with Crippen molar-refractivity contribution in [3.63, 3.8) is 0 Å². The first-order valence-corrected chi connectivity index (χ1v) is 6.73. The van der Waals surface area contributed by atoms with E-state index in [1.165, 1.54) is 11.1 Å². The SMILES string of the molecule is Cc1ccc(-c2nc(Cl)c3c(n2)CCOC3)cc1C. The molecule has 98 valence electrons. The first-order valence-electron chi connectivity index (χ1n) is 6.36. The number of aryl methyl sites for hydroxylation is 2. The van der Waals surface area contributed by atoms with Gasteiger partial charge in [0.05, 0.1) is 18.9 Å². The summed E-state index contributed by atoms with van der Waals surface area (Å²) >= 11 is 6.24. The number of ether oxygens (including phenoxy) is 1. The van der Waals surface area contributed by atoms with E-state index in [9.17, 15) is 0 Å². The van der Waals surface area contributed by atoms with Crippen LogP contribution in [-0.4, -0.2) is 16.6 Å². The molecule has 19 heavy (non-hydrogen) atoms. The predicted molar refractivity (Wildman–Crippen MR) is 75.3 cm³/mol. The molecule has 0 atom stereocenters. The molecule has 3 nitrogen and oxygen atoms in total. The second-order valence-corrected chi connectivity index (χ2v) is 5.22. The summed E-state index contributed by atoms with van der Waals surface area (Å²) in [4.78, 5) is 9.04. The van der Waals surface area contributed by atoms with Gasteiger partial charge in [-0.2, -0.15) is 0 Å². The summed E-state index contributed by atoms with van der Waals surface area (Å²) in [5.74, 6) is 0.703. The smallest absolute Gasteiger partial charge is 0.161 e. The van der Waals surface area contributed by atoms with Crippen molar-refractivity contribution in [2.75, 3.05) is 6.61 Å². The molecule has 0 spiro atoms. The van der Waals surface area contributed by atoms with E-state index in [2.05, 4.69) is 35.9 Å². The Balaban J connectivity index is 2.10. The lowest BCUT2D eigenvalue weighted by atomic mass is 10.1. The zero-order chi connectivity index (χ0) is 13.4. The van der Waals surface area contributed by atoms with Crippen LogP contribution in [0.15, 0.2) is 18.2 Å². The number of benzene rings is 1. The van der Waals surface area contributed by atoms with Gasteiger partial charge in [-0.3, -0.25) is 0 Å². The molecule has 1 aliphatic rings. The van der Waals surface area contributed by atoms with Crippen molar-refractivity contribution >= 4 is 11.6 Å². The van der Waals surface area contributed by atoms with Gasteiger partial charge < -0.3 is 4.74 Å². The third kappa shape index (κ3) is 2.36. The highest BCUT2D eigenvalue weighted by molar-refractivity contribution is 6.30. The summed E-state index contributed by atoms with van der Waals surface area (Å²) in [6, 6.07) is 6.23. The number of rotatable bonds is 1. The average molecular weight is 275 g/mol. The van der Waals surface area contributed by atoms with Gasteiger partial charge in [0.15, 0.2) is 5.82 Å². The molecule has 0 amide bonds. The summed E-state index contributed by atoms with van der Waals surface area (Å²) in [5, 5.41) is 0.512. The molecule has 3 rings (SSSR count). The van der Waals surface area contributed by atoms with Gasteiger partial charge >= 0.3 is 0 Å². The minimum atomic E-state index is 0.512. The minimum absolute atomic E-state index is 0.512. The normalized spacial score (nSPS) is 14.3. The van der Waals surface area contributed by atoms with E-state index in [0.717, 1.165) is 23.2 Å². The predicted octanol–water partition coefficient (Wildman–Crippen LogP) is 3.49. The fourth-order valence-corrected chi connectivity index (χ4v) is 2.45. The first kappa shape index (κ1) is 12.6. The maximum Gasteiger partial charge on any atom is 0.161 e. The Morgan fingerprint density at radius 1 is 1.16 bits per heavy atom. The Labute approximate surface area is 117 Å². The quantitative estimate of drug-likeness (QED) is 0.747. The molecular weight excluding hydrogens is 260 g/mol. The summed E-state index contributed by atoms with van der Waals surface area (Å²) in [6.07, 6.45) is 0.801. The Kier molecular flexibility index (Phi) is 3.25. The summed E-state index contributed by atoms with van der Waals surface area (Å²) in [6.45, 7) is 5.40. The Morgan fingerprint density at radius 3 is 2.79 bits per heavy atom. The molecule has 0 N–H and O–H groups in total. The molecule has 4 heteroatoms. The molecule has 1 aromatic carbocycles. The van der Waals surface area contributed by atoms with Gasteiger partial charge in [-0.25, -0.2) is 9.97 Å². The molecule has 1 aliphatic heterocycles. The Morgan fingerprint density at radius 2 is 2.00 bits per heavy atom. The van der Waals surface area contributed by atoms with Crippen LogP contribution < -0.4 is 0 Å². The minimum Gasteiger partial charge on any atom is -0.376 e. The summed E-state index contributed by atoms with van der Waals surface area (Å²) in [5.41, 5.74) is 5.46. The number of nitrogens with zero attached hydrogens (tertiary/aromatic N) is 2. The van der Waals surface area contributed by atoms with Crippen molar-refractivity contribution in [2.45, 2.75) is 26.9 Å². The second kappa shape index (κ2) is 4.91. The van der Waals surface area contributed by atoms with E-state index in [-0.39, 0.29) is 0 Å². The number of halogens is 1. The van der Waals surface area contributed by atoms with Crippen LogP contribution in [0.2, 0.25) is 5.15 Å². The van der Waals surface area contributed by atoms with Gasteiger partial charge in [-0.15, -0.1) is 0 Å². The maximum atomic E-state index is 6.24. The van der Waals surface area contributed by atoms with E-state index in [0.29, 0.717) is 24.2 Å². The molecule has 0 bridgehead atoms. The zero-order valence-electron chi connectivity index (χ0n) is 11.0. The molecule has 1 aromatic heterocycles. The highest BCUT2D eigenvalue weighted by atomic mass is 35.5. The lowest BCUT2D eigenvalue weighted by Crippen LogP contribution is -2.14. The van der Waals surface area contributed by atoms with Crippen LogP contribution in [0.4, 0.5) is 0 Å². The number of aromatic nitrogens is 2. The zero-order valence-corrected chi connectivity index (χ0v) is 11.8. The number of hydrogen-bond acceptors (Lipinski definition) is 3. The molecule has 2 aromatic rings. The highest BCUT2D eigenvalue weighted by Gasteiger charge is 2.17. The van der Waals surface area contributed by atoms with E-state index in [4.69, 9.17) is 16.3 Å². The fraction of sp³-hybridized carbons (Fsp3) is 0.333. The van der Waals surface area contributed by atoms with Crippen molar-refractivity contribution in [1.29, 1.82) is 0 Å². The molecular formula is C15H15ClN2O. The van der Waals surface area contributed by atoms with Crippen LogP contribution in [-0.2, 0) is 17.8 Å². The van der Waals surface area contributed by atoms with E-state index in [1.807, 2.05) is 6.07 Å². The Hall–Kier alpha value is -1.45. The van der Waals surface area contributed by atoms with Crippen LogP contribution in [0.1, 0.15) is 22.4 Å². The van der Waals surface area contributed by atoms with Gasteiger partial charge in [0.1, 0.15) is 5.15 Å². The van der Waals surface area contributed by atoms with Crippen LogP contribution in [0.3, 0.4) is 0 Å². The summed E-state index contributed by atoms with van der Waals surface area (Å²) < 4.78 is 5.39. The number of fused-ring (bicyclic) bond motifs is 1. The van der Waals surface area contributed by atoms with Gasteiger partial charge in [0, 0.05) is 17.5 Å². The van der Waals surface area contributed by atoms with Crippen molar-refractivity contribution in [2.24, 2.45) is 0 Å². The van der Waals surface area contributed by atoms with Gasteiger partial charge in [0.25, 0.3) is 0 Å². The van der Waals surface area contributed by atoms with E-state index < -0.39 is 0 Å². The largest absolute Gasteiger partial charge is 0.376 e. The standard InChI is InChI=1S/C15H15ClN2O/c1-9-3-4-11(7-10(9)2)15-17-13-5-6-19-8-12(13)14(16)18-15/h3-4,7H,5-6,8H2,1-2H3. The van der Waals surface area contributed by atoms with E-state index >= 15 is 0 Å². The van der Waals surface area contributed by atoms with Gasteiger partial charge in [-0.1, -0.05) is 23.7 Å². The van der Waals surface area contributed by atoms with Crippen molar-refractivity contribution in [3.05, 3.63) is 45.7 Å². The third-order valence-electron chi connectivity index (χ3n) is 3.54. The van der Waals surface area contributed by atoms with Crippen LogP contribution in [0.5, 0.6) is 0 Å². The van der Waals surface area contributed by atoms with Crippen molar-refractivity contribution in [3.8, 4) is 11.4 Å². The van der Waals surface area contributed by atoms with Crippen LogP contribution in [0.25, 0.3) is 11.4 Å². The van der Waals surface area contributed by atoms with Gasteiger partial charge in [-0.05, 0) is 31.0 Å². The van der Waals surface area contributed by atoms with Crippen LogP contribution >= 0.6 is 11.6 Å². The molecule has 2 heterocycles. The van der Waals surface area contributed by atoms with Crippen molar-refractivity contribution < 1.29 is 4.74 Å². The third-order valence-corrected chi connectivity index (χ3v) is 3.85. The number of hydrogen-bond donors (Lipinski definition) is 0. The van der Waals surface area contributed by atoms with Gasteiger partial charge in [0.2, 0.25) is 0 Å². The second-order valence-electron chi connectivity index (χ2n) is 4.86. The summed E-state index contributed by atoms with van der Waals surface area (Å²) in [7, 11) is 0. The molecule has 0 radical (unpaired) electrons. The van der Waals surface area contributed by atoms with Crippen LogP contribution in [0, 0.1) is 13.8 Å². The monoisotopic (exact) mass is 274 g/mol. The lowest BCUT2D eigenvalue weighted by molar-refractivity contribution is 0.109. The topological polar surface area (TPSA) is 35.0 Å². The molecule has 0 saturated carbocycles. The lowest BCUT2D eigenvalue weighted by Gasteiger charge is -2.17. The molecule has 0 fully saturated rings. The van der Waals surface area contributed by atoms with E-state index in [1.54, 1.807) is 0 Å². The first-order chi connectivity index (χ1) is 9.15. The molecule has 0 unspecified atom stereocenters. The average Bonchev–Trinajstić information content (AvgIpc) is 2.42. The molecule has 0 saturated heterocycles. The highest BCUT2D eigenvalue weighted by Crippen LogP contribution is 2.26.